The van der Waals surface area contributed by atoms with Gasteiger partial charge in [0.05, 0.1) is 19.8 Å². The SMILES string of the molecule is CCOC=COCCCCCCOc1ccc2ccc3cccc4ccc1c2c34. The van der Waals surface area contributed by atoms with Gasteiger partial charge in [-0.15, -0.1) is 0 Å². The first kappa shape index (κ1) is 19.4. The van der Waals surface area contributed by atoms with Crippen LogP contribution in [-0.4, -0.2) is 19.8 Å². The van der Waals surface area contributed by atoms with Gasteiger partial charge in [0, 0.05) is 10.8 Å². The van der Waals surface area contributed by atoms with E-state index < -0.39 is 0 Å². The third kappa shape index (κ3) is 4.40. The molecule has 0 N–H and O–H groups in total. The summed E-state index contributed by atoms with van der Waals surface area (Å²) in [6, 6.07) is 19.6. The minimum absolute atomic E-state index is 0.673. The lowest BCUT2D eigenvalue weighted by Gasteiger charge is -2.14. The van der Waals surface area contributed by atoms with Crippen molar-refractivity contribution in [2.75, 3.05) is 19.8 Å². The van der Waals surface area contributed by atoms with Crippen LogP contribution < -0.4 is 4.74 Å². The van der Waals surface area contributed by atoms with E-state index in [1.807, 2.05) is 6.92 Å². The molecule has 0 radical (unpaired) electrons. The van der Waals surface area contributed by atoms with E-state index in [4.69, 9.17) is 14.2 Å². The van der Waals surface area contributed by atoms with Gasteiger partial charge in [-0.25, -0.2) is 0 Å². The molecule has 3 nitrogen and oxygen atoms in total. The Morgan fingerprint density at radius 2 is 1.31 bits per heavy atom. The fourth-order valence-corrected chi connectivity index (χ4v) is 3.90. The lowest BCUT2D eigenvalue weighted by atomic mass is 9.94. The highest BCUT2D eigenvalue weighted by Crippen LogP contribution is 2.38. The van der Waals surface area contributed by atoms with Crippen LogP contribution in [0.4, 0.5) is 0 Å². The molecular weight excluding hydrogens is 360 g/mol. The predicted octanol–water partition coefficient (Wildman–Crippen LogP) is 7.05. The molecule has 4 aromatic carbocycles. The second-order valence-corrected chi connectivity index (χ2v) is 7.28. The van der Waals surface area contributed by atoms with Gasteiger partial charge >= 0.3 is 0 Å². The summed E-state index contributed by atoms with van der Waals surface area (Å²) in [4.78, 5) is 0. The number of benzene rings is 4. The van der Waals surface area contributed by atoms with Crippen molar-refractivity contribution in [2.24, 2.45) is 0 Å². The lowest BCUT2D eigenvalue weighted by molar-refractivity contribution is 0.206. The fourth-order valence-electron chi connectivity index (χ4n) is 3.90. The van der Waals surface area contributed by atoms with Crippen molar-refractivity contribution in [1.29, 1.82) is 0 Å². The number of rotatable bonds is 11. The van der Waals surface area contributed by atoms with Crippen LogP contribution in [0, 0.1) is 0 Å². The van der Waals surface area contributed by atoms with E-state index >= 15 is 0 Å². The van der Waals surface area contributed by atoms with Crippen LogP contribution in [0.5, 0.6) is 5.75 Å². The summed E-state index contributed by atoms with van der Waals surface area (Å²) in [5.74, 6) is 0.986. The molecule has 0 bridgehead atoms. The first-order valence-electron chi connectivity index (χ1n) is 10.6. The summed E-state index contributed by atoms with van der Waals surface area (Å²) in [5, 5.41) is 7.71. The summed E-state index contributed by atoms with van der Waals surface area (Å²) in [6.07, 6.45) is 7.62. The molecule has 0 saturated carbocycles. The van der Waals surface area contributed by atoms with E-state index in [9.17, 15) is 0 Å². The zero-order chi connectivity index (χ0) is 19.9. The number of ether oxygens (including phenoxy) is 3. The number of unbranched alkanes of at least 4 members (excludes halogenated alkanes) is 3. The topological polar surface area (TPSA) is 27.7 Å². The zero-order valence-electron chi connectivity index (χ0n) is 17.0. The van der Waals surface area contributed by atoms with Gasteiger partial charge < -0.3 is 14.2 Å². The van der Waals surface area contributed by atoms with Gasteiger partial charge in [0.25, 0.3) is 0 Å². The maximum absolute atomic E-state index is 6.18. The fraction of sp³-hybridized carbons (Fsp3) is 0.308. The van der Waals surface area contributed by atoms with Crippen molar-refractivity contribution < 1.29 is 14.2 Å². The minimum atomic E-state index is 0.673. The third-order valence-electron chi connectivity index (χ3n) is 5.32. The monoisotopic (exact) mass is 388 g/mol. The van der Waals surface area contributed by atoms with E-state index in [1.165, 1.54) is 32.3 Å². The molecule has 3 heteroatoms. The molecule has 0 unspecified atom stereocenters. The Morgan fingerprint density at radius 1 is 0.655 bits per heavy atom. The van der Waals surface area contributed by atoms with Gasteiger partial charge in [-0.2, -0.15) is 0 Å². The van der Waals surface area contributed by atoms with E-state index in [-0.39, 0.29) is 0 Å². The maximum Gasteiger partial charge on any atom is 0.127 e. The molecule has 0 fully saturated rings. The second-order valence-electron chi connectivity index (χ2n) is 7.28. The predicted molar refractivity (Wildman–Crippen MR) is 121 cm³/mol. The smallest absolute Gasteiger partial charge is 0.127 e. The molecule has 150 valence electrons. The highest BCUT2D eigenvalue weighted by atomic mass is 16.5. The van der Waals surface area contributed by atoms with Crippen molar-refractivity contribution in [3.63, 3.8) is 0 Å². The molecule has 29 heavy (non-hydrogen) atoms. The highest BCUT2D eigenvalue weighted by Gasteiger charge is 2.11. The molecule has 0 aliphatic heterocycles. The van der Waals surface area contributed by atoms with Gasteiger partial charge in [-0.1, -0.05) is 42.5 Å². The molecule has 0 aliphatic carbocycles. The van der Waals surface area contributed by atoms with Crippen molar-refractivity contribution >= 4 is 32.3 Å². The van der Waals surface area contributed by atoms with Gasteiger partial charge in [0.15, 0.2) is 0 Å². The maximum atomic E-state index is 6.18. The normalized spacial score (nSPS) is 11.8. The quantitative estimate of drug-likeness (QED) is 0.157. The van der Waals surface area contributed by atoms with Crippen LogP contribution in [-0.2, 0) is 9.47 Å². The first-order valence-corrected chi connectivity index (χ1v) is 10.6. The van der Waals surface area contributed by atoms with Crippen molar-refractivity contribution in [3.8, 4) is 5.75 Å². The number of hydrogen-bond acceptors (Lipinski definition) is 3. The van der Waals surface area contributed by atoms with Gasteiger partial charge in [0.2, 0.25) is 0 Å². The molecule has 0 heterocycles. The van der Waals surface area contributed by atoms with Crippen LogP contribution in [0.25, 0.3) is 32.3 Å². The van der Waals surface area contributed by atoms with Gasteiger partial charge in [0.1, 0.15) is 18.3 Å². The molecule has 4 aromatic rings. The molecule has 0 atom stereocenters. The van der Waals surface area contributed by atoms with Gasteiger partial charge in [-0.3, -0.25) is 0 Å². The average Bonchev–Trinajstić information content (AvgIpc) is 2.76. The van der Waals surface area contributed by atoms with E-state index in [0.29, 0.717) is 6.61 Å². The van der Waals surface area contributed by atoms with Crippen LogP contribution >= 0.6 is 0 Å². The second kappa shape index (κ2) is 9.51. The molecule has 0 amide bonds. The highest BCUT2D eigenvalue weighted by molar-refractivity contribution is 6.24. The Morgan fingerprint density at radius 3 is 2.10 bits per heavy atom. The van der Waals surface area contributed by atoms with E-state index in [1.54, 1.807) is 12.5 Å². The van der Waals surface area contributed by atoms with E-state index in [2.05, 4.69) is 54.6 Å². The largest absolute Gasteiger partial charge is 0.498 e. The Hall–Kier alpha value is -2.94. The Kier molecular flexibility index (Phi) is 6.35. The Bertz CT molecular complexity index is 1070. The summed E-state index contributed by atoms with van der Waals surface area (Å²) in [6.45, 7) is 4.11. The van der Waals surface area contributed by atoms with E-state index in [0.717, 1.165) is 44.6 Å². The van der Waals surface area contributed by atoms with Crippen molar-refractivity contribution in [3.05, 3.63) is 67.1 Å². The molecule has 0 saturated heterocycles. The zero-order valence-corrected chi connectivity index (χ0v) is 17.0. The third-order valence-corrected chi connectivity index (χ3v) is 5.32. The molecule has 0 aliphatic rings. The van der Waals surface area contributed by atoms with Crippen molar-refractivity contribution in [1.82, 2.24) is 0 Å². The standard InChI is InChI=1S/C26H28O3/c1-2-27-18-19-28-16-5-3-4-6-17-29-24-15-13-22-11-10-20-8-7-9-21-12-14-23(24)26(22)25(20)21/h7-15,18-19H,2-6,16-17H2,1H3. The summed E-state index contributed by atoms with van der Waals surface area (Å²) >= 11 is 0. The molecule has 4 rings (SSSR count). The van der Waals surface area contributed by atoms with Crippen LogP contribution in [0.2, 0.25) is 0 Å². The molecular formula is C26H28O3. The lowest BCUT2D eigenvalue weighted by Crippen LogP contribution is -1.99. The van der Waals surface area contributed by atoms with Crippen LogP contribution in [0.3, 0.4) is 0 Å². The van der Waals surface area contributed by atoms with Gasteiger partial charge in [-0.05, 0) is 66.3 Å². The van der Waals surface area contributed by atoms with Crippen LogP contribution in [0.15, 0.2) is 67.1 Å². The first-order chi connectivity index (χ1) is 14.4. The summed E-state index contributed by atoms with van der Waals surface area (Å²) in [5.41, 5.74) is 0. The summed E-state index contributed by atoms with van der Waals surface area (Å²) < 4.78 is 16.6. The van der Waals surface area contributed by atoms with Crippen molar-refractivity contribution in [2.45, 2.75) is 32.6 Å². The minimum Gasteiger partial charge on any atom is -0.498 e. The Balaban J connectivity index is 1.32. The average molecular weight is 389 g/mol. The molecule has 0 spiro atoms. The van der Waals surface area contributed by atoms with Crippen LogP contribution in [0.1, 0.15) is 32.6 Å². The number of hydrogen-bond donors (Lipinski definition) is 0. The Labute approximate surface area is 172 Å². The summed E-state index contributed by atoms with van der Waals surface area (Å²) in [7, 11) is 0. The molecule has 0 aromatic heterocycles.